The molecule has 1 saturated carbocycles. The molecule has 0 spiro atoms. The number of nitrogens with zero attached hydrogens (tertiary/aromatic N) is 4. The van der Waals surface area contributed by atoms with Gasteiger partial charge in [-0.15, -0.1) is 0 Å². The minimum absolute atomic E-state index is 0.558. The van der Waals surface area contributed by atoms with E-state index in [-0.39, 0.29) is 0 Å². The lowest BCUT2D eigenvalue weighted by Crippen LogP contribution is -1.98. The molecule has 0 aliphatic heterocycles. The third-order valence-corrected chi connectivity index (χ3v) is 2.81. The smallest absolute Gasteiger partial charge is 0.160 e. The molecular weight excluding hydrogens is 202 g/mol. The summed E-state index contributed by atoms with van der Waals surface area (Å²) in [5, 5.41) is 4.42. The molecule has 3 rings (SSSR count). The number of rotatable bonds is 2. The standard InChI is InChI=1S/C11H13N5/c1-16-11(8-4-5-13-6-9(8)12)14-10(15-16)7-2-3-7/h4-7H,2-3,12H2,1H3. The van der Waals surface area contributed by atoms with E-state index < -0.39 is 0 Å². The van der Waals surface area contributed by atoms with Crippen LogP contribution in [0.1, 0.15) is 24.6 Å². The molecule has 1 aliphatic carbocycles. The number of hydrogen-bond donors (Lipinski definition) is 1. The second-order valence-electron chi connectivity index (χ2n) is 4.15. The molecule has 0 amide bonds. The molecule has 2 aromatic heterocycles. The number of aryl methyl sites for hydroxylation is 1. The summed E-state index contributed by atoms with van der Waals surface area (Å²) < 4.78 is 1.79. The van der Waals surface area contributed by atoms with Crippen molar-refractivity contribution in [3.05, 3.63) is 24.3 Å². The second-order valence-corrected chi connectivity index (χ2v) is 4.15. The molecule has 1 fully saturated rings. The zero-order valence-electron chi connectivity index (χ0n) is 9.09. The van der Waals surface area contributed by atoms with Crippen LogP contribution in [0.4, 0.5) is 5.69 Å². The highest BCUT2D eigenvalue weighted by molar-refractivity contribution is 5.70. The summed E-state index contributed by atoms with van der Waals surface area (Å²) >= 11 is 0. The van der Waals surface area contributed by atoms with Crippen LogP contribution < -0.4 is 5.73 Å². The van der Waals surface area contributed by atoms with Gasteiger partial charge in [0.1, 0.15) is 0 Å². The zero-order valence-corrected chi connectivity index (χ0v) is 9.09. The first-order valence-corrected chi connectivity index (χ1v) is 5.36. The Morgan fingerprint density at radius 1 is 1.44 bits per heavy atom. The largest absolute Gasteiger partial charge is 0.397 e. The van der Waals surface area contributed by atoms with E-state index in [2.05, 4.69) is 15.1 Å². The van der Waals surface area contributed by atoms with Crippen LogP contribution in [-0.4, -0.2) is 19.7 Å². The highest BCUT2D eigenvalue weighted by Gasteiger charge is 2.28. The Hall–Kier alpha value is -1.91. The summed E-state index contributed by atoms with van der Waals surface area (Å²) in [6.45, 7) is 0. The topological polar surface area (TPSA) is 69.6 Å². The molecule has 0 bridgehead atoms. The van der Waals surface area contributed by atoms with Gasteiger partial charge in [0, 0.05) is 24.7 Å². The van der Waals surface area contributed by atoms with Gasteiger partial charge in [-0.3, -0.25) is 4.98 Å². The van der Waals surface area contributed by atoms with Gasteiger partial charge in [0.2, 0.25) is 0 Å². The molecule has 0 unspecified atom stereocenters. The van der Waals surface area contributed by atoms with Crippen molar-refractivity contribution < 1.29 is 0 Å². The Kier molecular flexibility index (Phi) is 1.92. The highest BCUT2D eigenvalue weighted by Crippen LogP contribution is 2.39. The first-order valence-electron chi connectivity index (χ1n) is 5.36. The first-order chi connectivity index (χ1) is 7.75. The van der Waals surface area contributed by atoms with Gasteiger partial charge in [-0.1, -0.05) is 0 Å². The van der Waals surface area contributed by atoms with Crippen LogP contribution in [0.25, 0.3) is 11.4 Å². The maximum atomic E-state index is 5.88. The van der Waals surface area contributed by atoms with Crippen LogP contribution >= 0.6 is 0 Å². The van der Waals surface area contributed by atoms with E-state index in [0.29, 0.717) is 11.6 Å². The van der Waals surface area contributed by atoms with Crippen LogP contribution in [0.5, 0.6) is 0 Å². The Morgan fingerprint density at radius 3 is 2.94 bits per heavy atom. The Labute approximate surface area is 93.3 Å². The fourth-order valence-electron chi connectivity index (χ4n) is 1.76. The molecule has 2 heterocycles. The lowest BCUT2D eigenvalue weighted by Gasteiger charge is -2.02. The molecular formula is C11H13N5. The van der Waals surface area contributed by atoms with E-state index in [0.717, 1.165) is 17.2 Å². The third-order valence-electron chi connectivity index (χ3n) is 2.81. The summed E-state index contributed by atoms with van der Waals surface area (Å²) in [4.78, 5) is 8.52. The molecule has 2 N–H and O–H groups in total. The third kappa shape index (κ3) is 1.44. The van der Waals surface area contributed by atoms with E-state index in [1.807, 2.05) is 13.1 Å². The molecule has 2 aromatic rings. The molecule has 82 valence electrons. The minimum Gasteiger partial charge on any atom is -0.397 e. The molecule has 1 aliphatic rings. The Bertz CT molecular complexity index is 527. The number of nitrogens with two attached hydrogens (primary N) is 1. The monoisotopic (exact) mass is 215 g/mol. The van der Waals surface area contributed by atoms with Crippen LogP contribution in [0.2, 0.25) is 0 Å². The average Bonchev–Trinajstić information content (AvgIpc) is 3.04. The zero-order chi connectivity index (χ0) is 11.1. The number of hydrogen-bond acceptors (Lipinski definition) is 4. The number of nitrogen functional groups attached to an aromatic ring is 1. The van der Waals surface area contributed by atoms with E-state index >= 15 is 0 Å². The van der Waals surface area contributed by atoms with Crippen molar-refractivity contribution in [1.29, 1.82) is 0 Å². The number of pyridine rings is 1. The molecule has 0 radical (unpaired) electrons. The van der Waals surface area contributed by atoms with Gasteiger partial charge >= 0.3 is 0 Å². The minimum atomic E-state index is 0.558. The maximum absolute atomic E-state index is 5.88. The van der Waals surface area contributed by atoms with Crippen molar-refractivity contribution in [3.8, 4) is 11.4 Å². The van der Waals surface area contributed by atoms with Gasteiger partial charge < -0.3 is 5.73 Å². The van der Waals surface area contributed by atoms with Crippen molar-refractivity contribution in [1.82, 2.24) is 19.7 Å². The van der Waals surface area contributed by atoms with Crippen LogP contribution in [0.15, 0.2) is 18.5 Å². The fraction of sp³-hybridized carbons (Fsp3) is 0.364. The van der Waals surface area contributed by atoms with E-state index in [4.69, 9.17) is 5.73 Å². The van der Waals surface area contributed by atoms with Gasteiger partial charge in [0.15, 0.2) is 11.6 Å². The van der Waals surface area contributed by atoms with Gasteiger partial charge in [0.05, 0.1) is 11.9 Å². The second kappa shape index (κ2) is 3.30. The summed E-state index contributed by atoms with van der Waals surface area (Å²) in [5.41, 5.74) is 7.42. The summed E-state index contributed by atoms with van der Waals surface area (Å²) in [7, 11) is 1.90. The Morgan fingerprint density at radius 2 is 2.25 bits per heavy atom. The van der Waals surface area contributed by atoms with Crippen molar-refractivity contribution in [2.45, 2.75) is 18.8 Å². The van der Waals surface area contributed by atoms with Gasteiger partial charge in [0.25, 0.3) is 0 Å². The number of aromatic nitrogens is 4. The van der Waals surface area contributed by atoms with Gasteiger partial charge in [-0.2, -0.15) is 5.10 Å². The average molecular weight is 215 g/mol. The molecule has 0 atom stereocenters. The summed E-state index contributed by atoms with van der Waals surface area (Å²) in [5.74, 6) is 2.32. The molecule has 5 heteroatoms. The SMILES string of the molecule is Cn1nc(C2CC2)nc1-c1ccncc1N. The first kappa shape index (κ1) is 9.33. The van der Waals surface area contributed by atoms with Crippen molar-refractivity contribution in [2.75, 3.05) is 5.73 Å². The fourth-order valence-corrected chi connectivity index (χ4v) is 1.76. The van der Waals surface area contributed by atoms with Crippen LogP contribution in [0, 0.1) is 0 Å². The normalized spacial score (nSPS) is 15.3. The highest BCUT2D eigenvalue weighted by atomic mass is 15.3. The van der Waals surface area contributed by atoms with Gasteiger partial charge in [-0.25, -0.2) is 9.67 Å². The maximum Gasteiger partial charge on any atom is 0.160 e. The quantitative estimate of drug-likeness (QED) is 0.820. The van der Waals surface area contributed by atoms with Crippen molar-refractivity contribution >= 4 is 5.69 Å². The van der Waals surface area contributed by atoms with E-state index in [9.17, 15) is 0 Å². The van der Waals surface area contributed by atoms with Crippen LogP contribution in [-0.2, 0) is 7.05 Å². The Balaban J connectivity index is 2.08. The predicted octanol–water partition coefficient (Wildman–Crippen LogP) is 1.34. The molecule has 0 saturated heterocycles. The summed E-state index contributed by atoms with van der Waals surface area (Å²) in [6.07, 6.45) is 5.77. The van der Waals surface area contributed by atoms with Crippen molar-refractivity contribution in [3.63, 3.8) is 0 Å². The summed E-state index contributed by atoms with van der Waals surface area (Å²) in [6, 6.07) is 1.87. The molecule has 16 heavy (non-hydrogen) atoms. The predicted molar refractivity (Wildman–Crippen MR) is 60.6 cm³/mol. The number of anilines is 1. The lowest BCUT2D eigenvalue weighted by molar-refractivity contribution is 0.750. The molecule has 5 nitrogen and oxygen atoms in total. The van der Waals surface area contributed by atoms with E-state index in [1.54, 1.807) is 17.1 Å². The van der Waals surface area contributed by atoms with Gasteiger partial charge in [-0.05, 0) is 18.9 Å². The molecule has 0 aromatic carbocycles. The van der Waals surface area contributed by atoms with Crippen LogP contribution in [0.3, 0.4) is 0 Å². The lowest BCUT2D eigenvalue weighted by atomic mass is 10.2. The van der Waals surface area contributed by atoms with E-state index in [1.165, 1.54) is 12.8 Å². The van der Waals surface area contributed by atoms with Crippen molar-refractivity contribution in [2.24, 2.45) is 7.05 Å².